The predicted molar refractivity (Wildman–Crippen MR) is 76.1 cm³/mol. The Labute approximate surface area is 108 Å². The van der Waals surface area contributed by atoms with E-state index in [0.29, 0.717) is 0 Å². The van der Waals surface area contributed by atoms with E-state index in [2.05, 4.69) is 19.1 Å². The summed E-state index contributed by atoms with van der Waals surface area (Å²) >= 11 is 0. The lowest BCUT2D eigenvalue weighted by molar-refractivity contribution is 0.482. The Hall–Kier alpha value is -1.96. The first kappa shape index (κ1) is 12.5. The molecule has 2 heteroatoms. The molecule has 94 valence electrons. The van der Waals surface area contributed by atoms with E-state index in [-0.39, 0.29) is 0 Å². The number of anilines is 1. The summed E-state index contributed by atoms with van der Waals surface area (Å²) in [6.07, 6.45) is 2.28. The van der Waals surface area contributed by atoms with Crippen LogP contribution in [0.3, 0.4) is 0 Å². The minimum absolute atomic E-state index is 0.792. The molecule has 0 bridgehead atoms. The fourth-order valence-corrected chi connectivity index (χ4v) is 1.86. The van der Waals surface area contributed by atoms with Crippen LogP contribution in [-0.4, -0.2) is 0 Å². The molecule has 0 aliphatic rings. The minimum Gasteiger partial charge on any atom is -0.457 e. The van der Waals surface area contributed by atoms with Crippen molar-refractivity contribution in [2.75, 3.05) is 5.73 Å². The van der Waals surface area contributed by atoms with Gasteiger partial charge < -0.3 is 10.5 Å². The smallest absolute Gasteiger partial charge is 0.127 e. The monoisotopic (exact) mass is 241 g/mol. The second-order valence-corrected chi connectivity index (χ2v) is 4.51. The molecule has 0 amide bonds. The molecule has 2 rings (SSSR count). The Bertz CT molecular complexity index is 517. The van der Waals surface area contributed by atoms with E-state index < -0.39 is 0 Å². The number of aryl methyl sites for hydroxylation is 2. The highest BCUT2D eigenvalue weighted by molar-refractivity contribution is 5.50. The molecular weight excluding hydrogens is 222 g/mol. The zero-order chi connectivity index (χ0) is 13.0. The summed E-state index contributed by atoms with van der Waals surface area (Å²) in [5.41, 5.74) is 8.95. The maximum Gasteiger partial charge on any atom is 0.127 e. The molecule has 2 aromatic rings. The van der Waals surface area contributed by atoms with Crippen molar-refractivity contribution in [2.45, 2.75) is 26.7 Å². The lowest BCUT2D eigenvalue weighted by Crippen LogP contribution is -1.91. The molecule has 18 heavy (non-hydrogen) atoms. The highest BCUT2D eigenvalue weighted by atomic mass is 16.5. The molecule has 0 atom stereocenters. The van der Waals surface area contributed by atoms with Gasteiger partial charge in [0, 0.05) is 5.69 Å². The molecule has 0 aliphatic heterocycles. The number of nitrogen functional groups attached to an aromatic ring is 1. The quantitative estimate of drug-likeness (QED) is 0.809. The number of ether oxygens (including phenoxy) is 1. The zero-order valence-corrected chi connectivity index (χ0v) is 10.9. The summed E-state index contributed by atoms with van der Waals surface area (Å²) in [5, 5.41) is 0. The average molecular weight is 241 g/mol. The Kier molecular flexibility index (Phi) is 3.88. The zero-order valence-electron chi connectivity index (χ0n) is 10.9. The Morgan fingerprint density at radius 1 is 1.00 bits per heavy atom. The van der Waals surface area contributed by atoms with Gasteiger partial charge in [0.1, 0.15) is 11.5 Å². The summed E-state index contributed by atoms with van der Waals surface area (Å²) in [7, 11) is 0. The molecule has 2 nitrogen and oxygen atoms in total. The van der Waals surface area contributed by atoms with Crippen LogP contribution in [0.15, 0.2) is 42.5 Å². The molecule has 0 fully saturated rings. The second-order valence-electron chi connectivity index (χ2n) is 4.51. The number of hydrogen-bond donors (Lipinski definition) is 1. The molecule has 0 radical (unpaired) electrons. The highest BCUT2D eigenvalue weighted by Crippen LogP contribution is 2.25. The SMILES string of the molecule is CCCc1ccc(Oc2ccc(N)c(C)c2)cc1. The van der Waals surface area contributed by atoms with Gasteiger partial charge in [-0.2, -0.15) is 0 Å². The standard InChI is InChI=1S/C16H19NO/c1-3-4-13-5-7-14(8-6-13)18-15-9-10-16(17)12(2)11-15/h5-11H,3-4,17H2,1-2H3. The first-order chi connectivity index (χ1) is 8.69. The summed E-state index contributed by atoms with van der Waals surface area (Å²) in [6.45, 7) is 4.16. The minimum atomic E-state index is 0.792. The van der Waals surface area contributed by atoms with E-state index >= 15 is 0 Å². The summed E-state index contributed by atoms with van der Waals surface area (Å²) in [6, 6.07) is 14.0. The van der Waals surface area contributed by atoms with E-state index in [1.54, 1.807) is 0 Å². The normalized spacial score (nSPS) is 10.3. The third kappa shape index (κ3) is 3.04. The maximum absolute atomic E-state index is 5.79. The van der Waals surface area contributed by atoms with Gasteiger partial charge >= 0.3 is 0 Å². The van der Waals surface area contributed by atoms with E-state index in [4.69, 9.17) is 10.5 Å². The van der Waals surface area contributed by atoms with Crippen molar-refractivity contribution in [3.05, 3.63) is 53.6 Å². The van der Waals surface area contributed by atoms with Crippen LogP contribution in [0.5, 0.6) is 11.5 Å². The molecule has 0 aliphatic carbocycles. The molecule has 2 aromatic carbocycles. The number of hydrogen-bond acceptors (Lipinski definition) is 2. The Morgan fingerprint density at radius 2 is 1.67 bits per heavy atom. The van der Waals surface area contributed by atoms with Gasteiger partial charge in [0.2, 0.25) is 0 Å². The van der Waals surface area contributed by atoms with Crippen LogP contribution in [0.2, 0.25) is 0 Å². The lowest BCUT2D eigenvalue weighted by Gasteiger charge is -2.08. The van der Waals surface area contributed by atoms with Crippen molar-refractivity contribution in [1.29, 1.82) is 0 Å². The van der Waals surface area contributed by atoms with Crippen molar-refractivity contribution in [1.82, 2.24) is 0 Å². The average Bonchev–Trinajstić information content (AvgIpc) is 2.37. The van der Waals surface area contributed by atoms with Gasteiger partial charge in [-0.1, -0.05) is 25.5 Å². The lowest BCUT2D eigenvalue weighted by atomic mass is 10.1. The van der Waals surface area contributed by atoms with Gasteiger partial charge in [-0.3, -0.25) is 0 Å². The molecule has 0 unspecified atom stereocenters. The Morgan fingerprint density at radius 3 is 2.28 bits per heavy atom. The van der Waals surface area contributed by atoms with Gasteiger partial charge in [-0.25, -0.2) is 0 Å². The van der Waals surface area contributed by atoms with E-state index in [9.17, 15) is 0 Å². The molecule has 2 N–H and O–H groups in total. The van der Waals surface area contributed by atoms with Crippen molar-refractivity contribution < 1.29 is 4.74 Å². The fourth-order valence-electron chi connectivity index (χ4n) is 1.86. The van der Waals surface area contributed by atoms with Gasteiger partial charge in [0.15, 0.2) is 0 Å². The topological polar surface area (TPSA) is 35.2 Å². The highest BCUT2D eigenvalue weighted by Gasteiger charge is 2.00. The van der Waals surface area contributed by atoms with Crippen molar-refractivity contribution >= 4 is 5.69 Å². The van der Waals surface area contributed by atoms with E-state index in [1.165, 1.54) is 5.56 Å². The van der Waals surface area contributed by atoms with Crippen molar-refractivity contribution in [3.63, 3.8) is 0 Å². The predicted octanol–water partition coefficient (Wildman–Crippen LogP) is 4.32. The van der Waals surface area contributed by atoms with Crippen LogP contribution in [-0.2, 0) is 6.42 Å². The first-order valence-electron chi connectivity index (χ1n) is 6.32. The molecule has 0 saturated carbocycles. The number of nitrogens with two attached hydrogens (primary N) is 1. The molecule has 0 saturated heterocycles. The summed E-state index contributed by atoms with van der Waals surface area (Å²) in [5.74, 6) is 1.68. The summed E-state index contributed by atoms with van der Waals surface area (Å²) < 4.78 is 5.79. The molecule has 0 spiro atoms. The maximum atomic E-state index is 5.79. The van der Waals surface area contributed by atoms with Crippen LogP contribution in [0.25, 0.3) is 0 Å². The van der Waals surface area contributed by atoms with Crippen molar-refractivity contribution in [2.24, 2.45) is 0 Å². The Balaban J connectivity index is 2.10. The van der Waals surface area contributed by atoms with E-state index in [1.807, 2.05) is 37.3 Å². The fraction of sp³-hybridized carbons (Fsp3) is 0.250. The van der Waals surface area contributed by atoms with Crippen LogP contribution < -0.4 is 10.5 Å². The third-order valence-electron chi connectivity index (χ3n) is 2.94. The summed E-state index contributed by atoms with van der Waals surface area (Å²) in [4.78, 5) is 0. The number of rotatable bonds is 4. The van der Waals surface area contributed by atoms with Gasteiger partial charge in [-0.05, 0) is 54.8 Å². The molecule has 0 heterocycles. The van der Waals surface area contributed by atoms with Crippen LogP contribution in [0.1, 0.15) is 24.5 Å². The second kappa shape index (κ2) is 5.58. The van der Waals surface area contributed by atoms with Gasteiger partial charge in [-0.15, -0.1) is 0 Å². The largest absolute Gasteiger partial charge is 0.457 e. The van der Waals surface area contributed by atoms with Crippen LogP contribution in [0.4, 0.5) is 5.69 Å². The molecule has 0 aromatic heterocycles. The third-order valence-corrected chi connectivity index (χ3v) is 2.94. The number of benzene rings is 2. The molecular formula is C16H19NO. The van der Waals surface area contributed by atoms with Gasteiger partial charge in [0.05, 0.1) is 0 Å². The van der Waals surface area contributed by atoms with Crippen LogP contribution in [0, 0.1) is 6.92 Å². The first-order valence-corrected chi connectivity index (χ1v) is 6.32. The van der Waals surface area contributed by atoms with Gasteiger partial charge in [0.25, 0.3) is 0 Å². The van der Waals surface area contributed by atoms with Crippen LogP contribution >= 0.6 is 0 Å². The van der Waals surface area contributed by atoms with Crippen molar-refractivity contribution in [3.8, 4) is 11.5 Å². The van der Waals surface area contributed by atoms with E-state index in [0.717, 1.165) is 35.6 Å².